The molecule has 230 valence electrons. The first kappa shape index (κ1) is 33.1. The molecule has 0 aliphatic rings. The third kappa shape index (κ3) is 8.40. The summed E-state index contributed by atoms with van der Waals surface area (Å²) in [6, 6.07) is 29.9. The summed E-state index contributed by atoms with van der Waals surface area (Å²) in [6.07, 6.45) is 0.941. The van der Waals surface area contributed by atoms with E-state index in [0.29, 0.717) is 6.42 Å². The van der Waals surface area contributed by atoms with Crippen LogP contribution < -0.4 is 9.62 Å². The first-order valence-corrected chi connectivity index (χ1v) is 16.5. The number of hydrogen-bond donors (Lipinski definition) is 1. The average Bonchev–Trinajstić information content (AvgIpc) is 3.04. The predicted octanol–water partition coefficient (Wildman–Crippen LogP) is 6.74. The van der Waals surface area contributed by atoms with Crippen LogP contribution in [-0.4, -0.2) is 43.8 Å². The van der Waals surface area contributed by atoms with Gasteiger partial charge in [-0.1, -0.05) is 109 Å². The monoisotopic (exact) mass is 651 g/mol. The standard InChI is InChI=1S/C34H35Cl2N3O4S/c1-3-25(2)37-34(41)32(21-26-13-7-4-8-14-26)38(23-27-15-9-5-10-16-27)33(40)24-39(28-19-20-30(35)31(36)22-28)44(42,43)29-17-11-6-12-18-29/h4-20,22,25,32H,3,21,23-24H2,1-2H3,(H,37,41)/t25-,32-/m0/s1. The van der Waals surface area contributed by atoms with Crippen molar-refractivity contribution in [2.24, 2.45) is 0 Å². The van der Waals surface area contributed by atoms with Crippen LogP contribution in [0.1, 0.15) is 31.4 Å². The second-order valence-electron chi connectivity index (χ2n) is 10.5. The van der Waals surface area contributed by atoms with E-state index < -0.39 is 28.5 Å². The molecule has 0 saturated heterocycles. The van der Waals surface area contributed by atoms with Gasteiger partial charge in [0, 0.05) is 19.0 Å². The molecule has 4 aromatic rings. The highest BCUT2D eigenvalue weighted by Gasteiger charge is 2.35. The molecule has 0 unspecified atom stereocenters. The fourth-order valence-corrected chi connectivity index (χ4v) is 6.38. The minimum Gasteiger partial charge on any atom is -0.352 e. The lowest BCUT2D eigenvalue weighted by molar-refractivity contribution is -0.140. The van der Waals surface area contributed by atoms with Crippen LogP contribution in [0.4, 0.5) is 5.69 Å². The highest BCUT2D eigenvalue weighted by atomic mass is 35.5. The SMILES string of the molecule is CC[C@H](C)NC(=O)[C@H](Cc1ccccc1)N(Cc1ccccc1)C(=O)CN(c1ccc(Cl)c(Cl)c1)S(=O)(=O)c1ccccc1. The number of hydrogen-bond acceptors (Lipinski definition) is 4. The predicted molar refractivity (Wildman–Crippen MR) is 176 cm³/mol. The lowest BCUT2D eigenvalue weighted by Gasteiger charge is -2.34. The van der Waals surface area contributed by atoms with E-state index in [2.05, 4.69) is 5.32 Å². The van der Waals surface area contributed by atoms with Crippen molar-refractivity contribution in [3.05, 3.63) is 130 Å². The van der Waals surface area contributed by atoms with Gasteiger partial charge >= 0.3 is 0 Å². The van der Waals surface area contributed by atoms with Crippen molar-refractivity contribution in [2.45, 2.75) is 50.2 Å². The maximum atomic E-state index is 14.4. The lowest BCUT2D eigenvalue weighted by Crippen LogP contribution is -2.54. The minimum atomic E-state index is -4.23. The Morgan fingerprint density at radius 3 is 1.93 bits per heavy atom. The van der Waals surface area contributed by atoms with Crippen LogP contribution in [-0.2, 0) is 32.6 Å². The van der Waals surface area contributed by atoms with E-state index in [1.54, 1.807) is 18.2 Å². The number of carbonyl (C=O) groups excluding carboxylic acids is 2. The van der Waals surface area contributed by atoms with Crippen molar-refractivity contribution in [1.29, 1.82) is 0 Å². The molecule has 7 nitrogen and oxygen atoms in total. The molecule has 10 heteroatoms. The molecular formula is C34H35Cl2N3O4S. The largest absolute Gasteiger partial charge is 0.352 e. The first-order valence-electron chi connectivity index (χ1n) is 14.3. The van der Waals surface area contributed by atoms with E-state index >= 15 is 0 Å². The van der Waals surface area contributed by atoms with Gasteiger partial charge in [0.25, 0.3) is 10.0 Å². The van der Waals surface area contributed by atoms with Crippen molar-refractivity contribution < 1.29 is 18.0 Å². The Bertz CT molecular complexity index is 1660. The summed E-state index contributed by atoms with van der Waals surface area (Å²) >= 11 is 12.5. The van der Waals surface area contributed by atoms with Gasteiger partial charge in [-0.05, 0) is 54.8 Å². The number of carbonyl (C=O) groups is 2. The van der Waals surface area contributed by atoms with Gasteiger partial charge in [-0.15, -0.1) is 0 Å². The molecule has 0 fully saturated rings. The third-order valence-corrected chi connectivity index (χ3v) is 9.80. The fraction of sp³-hybridized carbons (Fsp3) is 0.235. The first-order chi connectivity index (χ1) is 21.1. The summed E-state index contributed by atoms with van der Waals surface area (Å²) < 4.78 is 29.1. The number of sulfonamides is 1. The van der Waals surface area contributed by atoms with Gasteiger partial charge in [0.1, 0.15) is 12.6 Å². The van der Waals surface area contributed by atoms with Crippen LogP contribution in [0.2, 0.25) is 10.0 Å². The number of nitrogens with one attached hydrogen (secondary N) is 1. The van der Waals surface area contributed by atoms with E-state index in [1.807, 2.05) is 74.5 Å². The molecule has 0 aliphatic carbocycles. The van der Waals surface area contributed by atoms with E-state index in [1.165, 1.54) is 35.2 Å². The zero-order valence-corrected chi connectivity index (χ0v) is 26.9. The van der Waals surface area contributed by atoms with E-state index in [4.69, 9.17) is 23.2 Å². The van der Waals surface area contributed by atoms with E-state index in [0.717, 1.165) is 15.4 Å². The normalized spacial score (nSPS) is 12.6. The van der Waals surface area contributed by atoms with Crippen molar-refractivity contribution >= 4 is 50.7 Å². The number of halogens is 2. The Labute approximate surface area is 269 Å². The van der Waals surface area contributed by atoms with Crippen LogP contribution in [0.25, 0.3) is 0 Å². The highest BCUT2D eigenvalue weighted by Crippen LogP contribution is 2.31. The molecule has 4 aromatic carbocycles. The summed E-state index contributed by atoms with van der Waals surface area (Å²) in [7, 11) is -4.23. The molecule has 4 rings (SSSR count). The van der Waals surface area contributed by atoms with Crippen molar-refractivity contribution in [3.63, 3.8) is 0 Å². The quantitative estimate of drug-likeness (QED) is 0.173. The molecule has 1 N–H and O–H groups in total. The van der Waals surface area contributed by atoms with Crippen molar-refractivity contribution in [2.75, 3.05) is 10.8 Å². The Hall–Kier alpha value is -3.85. The van der Waals surface area contributed by atoms with Crippen molar-refractivity contribution in [1.82, 2.24) is 10.2 Å². The highest BCUT2D eigenvalue weighted by molar-refractivity contribution is 7.92. The van der Waals surface area contributed by atoms with Crippen LogP contribution in [0, 0.1) is 0 Å². The maximum absolute atomic E-state index is 14.4. The number of anilines is 1. The minimum absolute atomic E-state index is 0.00355. The molecule has 2 amide bonds. The van der Waals surface area contributed by atoms with Gasteiger partial charge in [-0.2, -0.15) is 0 Å². The average molecular weight is 653 g/mol. The van der Waals surface area contributed by atoms with Crippen LogP contribution in [0.15, 0.2) is 114 Å². The van der Waals surface area contributed by atoms with Gasteiger partial charge < -0.3 is 10.2 Å². The molecule has 0 aromatic heterocycles. The number of amides is 2. The maximum Gasteiger partial charge on any atom is 0.264 e. The third-order valence-electron chi connectivity index (χ3n) is 7.27. The van der Waals surface area contributed by atoms with Crippen LogP contribution in [0.3, 0.4) is 0 Å². The Morgan fingerprint density at radius 2 is 1.36 bits per heavy atom. The van der Waals surface area contributed by atoms with E-state index in [-0.39, 0.29) is 45.5 Å². The van der Waals surface area contributed by atoms with E-state index in [9.17, 15) is 18.0 Å². The number of nitrogens with zero attached hydrogens (tertiary/aromatic N) is 2. The van der Waals surface area contributed by atoms with Gasteiger partial charge in [0.15, 0.2) is 0 Å². The van der Waals surface area contributed by atoms with Crippen molar-refractivity contribution in [3.8, 4) is 0 Å². The molecule has 0 bridgehead atoms. The molecule has 0 radical (unpaired) electrons. The summed E-state index contributed by atoms with van der Waals surface area (Å²) in [5.41, 5.74) is 1.82. The van der Waals surface area contributed by atoms with Gasteiger partial charge in [-0.3, -0.25) is 13.9 Å². The second kappa shape index (κ2) is 15.2. The van der Waals surface area contributed by atoms with Crippen LogP contribution in [0.5, 0.6) is 0 Å². The van der Waals surface area contributed by atoms with Crippen LogP contribution >= 0.6 is 23.2 Å². The topological polar surface area (TPSA) is 86.8 Å². The summed E-state index contributed by atoms with van der Waals surface area (Å²) in [5.74, 6) is -0.876. The summed E-state index contributed by atoms with van der Waals surface area (Å²) in [4.78, 5) is 29.7. The number of rotatable bonds is 13. The zero-order chi connectivity index (χ0) is 31.7. The lowest BCUT2D eigenvalue weighted by atomic mass is 10.0. The van der Waals surface area contributed by atoms with Gasteiger partial charge in [0.2, 0.25) is 11.8 Å². The van der Waals surface area contributed by atoms with Gasteiger partial charge in [0.05, 0.1) is 20.6 Å². The zero-order valence-electron chi connectivity index (χ0n) is 24.6. The Kier molecular flexibility index (Phi) is 11.4. The molecule has 2 atom stereocenters. The molecule has 0 spiro atoms. The molecular weight excluding hydrogens is 617 g/mol. The Morgan fingerprint density at radius 1 is 0.795 bits per heavy atom. The molecule has 0 saturated carbocycles. The summed E-state index contributed by atoms with van der Waals surface area (Å²) in [5, 5.41) is 3.41. The van der Waals surface area contributed by atoms with Gasteiger partial charge in [-0.25, -0.2) is 8.42 Å². The smallest absolute Gasteiger partial charge is 0.264 e. The Balaban J connectivity index is 1.80. The molecule has 0 heterocycles. The summed E-state index contributed by atoms with van der Waals surface area (Å²) in [6.45, 7) is 3.38. The number of benzene rings is 4. The second-order valence-corrected chi connectivity index (χ2v) is 13.1. The molecule has 0 aliphatic heterocycles. The fourth-order valence-electron chi connectivity index (χ4n) is 4.66. The molecule has 44 heavy (non-hydrogen) atoms.